The molecule has 0 bridgehead atoms. The van der Waals surface area contributed by atoms with Crippen molar-refractivity contribution in [3.8, 4) is 0 Å². The fourth-order valence-corrected chi connectivity index (χ4v) is 2.30. The third kappa shape index (κ3) is 4.77. The van der Waals surface area contributed by atoms with Crippen LogP contribution in [0.1, 0.15) is 71.0 Å². The molecule has 1 unspecified atom stereocenters. The van der Waals surface area contributed by atoms with E-state index < -0.39 is 0 Å². The molecule has 1 heterocycles. The van der Waals surface area contributed by atoms with Crippen molar-refractivity contribution >= 4 is 0 Å². The molecule has 0 aromatic carbocycles. The van der Waals surface area contributed by atoms with E-state index in [0.29, 0.717) is 6.04 Å². The van der Waals surface area contributed by atoms with E-state index in [1.165, 1.54) is 37.8 Å². The van der Waals surface area contributed by atoms with Crippen molar-refractivity contribution in [2.24, 2.45) is 0 Å². The lowest BCUT2D eigenvalue weighted by Crippen LogP contribution is -2.24. The Balaban J connectivity index is 2.56. The molecule has 4 heteroatoms. The van der Waals surface area contributed by atoms with Gasteiger partial charge < -0.3 is 5.32 Å². The smallest absolute Gasteiger partial charge is 0.0756 e. The predicted molar refractivity (Wildman–Crippen MR) is 75.5 cm³/mol. The fourth-order valence-electron chi connectivity index (χ4n) is 2.30. The van der Waals surface area contributed by atoms with Crippen LogP contribution in [0.4, 0.5) is 0 Å². The van der Waals surface area contributed by atoms with Crippen molar-refractivity contribution in [1.82, 2.24) is 20.3 Å². The summed E-state index contributed by atoms with van der Waals surface area (Å²) in [6.45, 7) is 8.55. The highest BCUT2D eigenvalue weighted by Gasteiger charge is 2.15. The highest BCUT2D eigenvalue weighted by Crippen LogP contribution is 2.19. The molecule has 0 amide bonds. The van der Waals surface area contributed by atoms with Gasteiger partial charge in [-0.3, -0.25) is 0 Å². The number of hydrogen-bond donors (Lipinski definition) is 1. The fraction of sp³-hybridized carbons (Fsp3) is 0.857. The molecule has 1 aromatic heterocycles. The van der Waals surface area contributed by atoms with Gasteiger partial charge in [0, 0.05) is 6.54 Å². The Morgan fingerprint density at radius 1 is 1.17 bits per heavy atom. The van der Waals surface area contributed by atoms with Crippen molar-refractivity contribution in [2.45, 2.75) is 71.9 Å². The van der Waals surface area contributed by atoms with Crippen molar-refractivity contribution in [3.63, 3.8) is 0 Å². The zero-order valence-corrected chi connectivity index (χ0v) is 12.2. The molecule has 0 aliphatic heterocycles. The number of hydrogen-bond acceptors (Lipinski definition) is 3. The molecule has 1 aromatic rings. The molecule has 18 heavy (non-hydrogen) atoms. The summed E-state index contributed by atoms with van der Waals surface area (Å²) in [6.07, 6.45) is 9.45. The third-order valence-corrected chi connectivity index (χ3v) is 3.24. The van der Waals surface area contributed by atoms with E-state index in [1.54, 1.807) is 0 Å². The van der Waals surface area contributed by atoms with Crippen molar-refractivity contribution < 1.29 is 0 Å². The van der Waals surface area contributed by atoms with Crippen molar-refractivity contribution in [3.05, 3.63) is 11.9 Å². The van der Waals surface area contributed by atoms with Gasteiger partial charge in [-0.15, -0.1) is 5.10 Å². The van der Waals surface area contributed by atoms with E-state index in [1.807, 2.05) is 10.9 Å². The summed E-state index contributed by atoms with van der Waals surface area (Å²) in [5.41, 5.74) is 1.25. The third-order valence-electron chi connectivity index (χ3n) is 3.24. The molecule has 0 saturated heterocycles. The second-order valence-electron chi connectivity index (χ2n) is 4.84. The van der Waals surface area contributed by atoms with Gasteiger partial charge in [0.05, 0.1) is 17.9 Å². The maximum atomic E-state index is 4.18. The van der Waals surface area contributed by atoms with Crippen LogP contribution in [0, 0.1) is 0 Å². The van der Waals surface area contributed by atoms with Gasteiger partial charge in [-0.05, 0) is 19.4 Å². The van der Waals surface area contributed by atoms with Crippen LogP contribution in [0.25, 0.3) is 0 Å². The minimum atomic E-state index is 0.411. The van der Waals surface area contributed by atoms with Gasteiger partial charge in [0.15, 0.2) is 0 Å². The first-order valence-corrected chi connectivity index (χ1v) is 7.45. The van der Waals surface area contributed by atoms with Gasteiger partial charge in [0.25, 0.3) is 0 Å². The van der Waals surface area contributed by atoms with E-state index in [-0.39, 0.29) is 0 Å². The molecule has 104 valence electrons. The Hall–Kier alpha value is -0.900. The van der Waals surface area contributed by atoms with Crippen LogP contribution in [0.5, 0.6) is 0 Å². The molecule has 1 rings (SSSR count). The Kier molecular flexibility index (Phi) is 7.65. The summed E-state index contributed by atoms with van der Waals surface area (Å²) in [6, 6.07) is 0.411. The van der Waals surface area contributed by atoms with Crippen molar-refractivity contribution in [2.75, 3.05) is 6.54 Å². The zero-order chi connectivity index (χ0) is 13.2. The van der Waals surface area contributed by atoms with Crippen LogP contribution in [-0.4, -0.2) is 21.5 Å². The summed E-state index contributed by atoms with van der Waals surface area (Å²) in [4.78, 5) is 0. The van der Waals surface area contributed by atoms with Crippen LogP contribution in [0.3, 0.4) is 0 Å². The lowest BCUT2D eigenvalue weighted by Gasteiger charge is -2.18. The van der Waals surface area contributed by atoms with E-state index >= 15 is 0 Å². The highest BCUT2D eigenvalue weighted by atomic mass is 15.4. The molecule has 0 aliphatic carbocycles. The highest BCUT2D eigenvalue weighted by molar-refractivity contribution is 5.02. The summed E-state index contributed by atoms with van der Waals surface area (Å²) in [5, 5.41) is 11.8. The second-order valence-corrected chi connectivity index (χ2v) is 4.84. The van der Waals surface area contributed by atoms with Crippen molar-refractivity contribution in [1.29, 1.82) is 0 Å². The van der Waals surface area contributed by atoms with E-state index in [9.17, 15) is 0 Å². The Morgan fingerprint density at radius 2 is 2.00 bits per heavy atom. The van der Waals surface area contributed by atoms with Crippen LogP contribution in [0.2, 0.25) is 0 Å². The molecular formula is C14H28N4. The number of unbranched alkanes of at least 4 members (excludes halogenated alkanes) is 3. The number of nitrogens with zero attached hydrogens (tertiary/aromatic N) is 3. The first-order chi connectivity index (χ1) is 8.83. The molecule has 0 fully saturated rings. The normalized spacial score (nSPS) is 12.8. The first-order valence-electron chi connectivity index (χ1n) is 7.45. The molecule has 1 N–H and O–H groups in total. The quantitative estimate of drug-likeness (QED) is 0.650. The molecule has 0 aliphatic rings. The summed E-state index contributed by atoms with van der Waals surface area (Å²) in [7, 11) is 0. The zero-order valence-electron chi connectivity index (χ0n) is 12.2. The minimum absolute atomic E-state index is 0.411. The van der Waals surface area contributed by atoms with E-state index in [2.05, 4.69) is 36.4 Å². The predicted octanol–water partition coefficient (Wildman–Crippen LogP) is 3.31. The average Bonchev–Trinajstić information content (AvgIpc) is 2.82. The van der Waals surface area contributed by atoms with Crippen LogP contribution in [0.15, 0.2) is 6.20 Å². The van der Waals surface area contributed by atoms with Crippen LogP contribution >= 0.6 is 0 Å². The lowest BCUT2D eigenvalue weighted by atomic mass is 10.0. The first kappa shape index (κ1) is 15.2. The molecule has 0 saturated carbocycles. The Bertz CT molecular complexity index is 308. The van der Waals surface area contributed by atoms with Gasteiger partial charge in [0.1, 0.15) is 0 Å². The lowest BCUT2D eigenvalue weighted by molar-refractivity contribution is 0.437. The number of aryl methyl sites for hydroxylation is 1. The topological polar surface area (TPSA) is 42.7 Å². The number of nitrogens with one attached hydrogen (secondary N) is 1. The molecule has 1 atom stereocenters. The van der Waals surface area contributed by atoms with Gasteiger partial charge >= 0.3 is 0 Å². The molecular weight excluding hydrogens is 224 g/mol. The summed E-state index contributed by atoms with van der Waals surface area (Å²) >= 11 is 0. The van der Waals surface area contributed by atoms with Gasteiger partial charge in [0.2, 0.25) is 0 Å². The van der Waals surface area contributed by atoms with Gasteiger partial charge in [-0.2, -0.15) is 0 Å². The average molecular weight is 252 g/mol. The molecule has 4 nitrogen and oxygen atoms in total. The molecule has 0 radical (unpaired) electrons. The molecule has 0 spiro atoms. The van der Waals surface area contributed by atoms with E-state index in [4.69, 9.17) is 0 Å². The maximum absolute atomic E-state index is 4.18. The minimum Gasteiger partial charge on any atom is -0.309 e. The largest absolute Gasteiger partial charge is 0.309 e. The standard InChI is InChI=1S/C14H28N4/c1-4-7-8-9-10-13(15-6-3)14-12-16-17-18(14)11-5-2/h12-13,15H,4-11H2,1-3H3. The summed E-state index contributed by atoms with van der Waals surface area (Å²) in [5.74, 6) is 0. The SMILES string of the molecule is CCCCCCC(NCC)c1cnnn1CCC. The monoisotopic (exact) mass is 252 g/mol. The number of rotatable bonds is 10. The van der Waals surface area contributed by atoms with E-state index in [0.717, 1.165) is 19.5 Å². The van der Waals surface area contributed by atoms with Gasteiger partial charge in [-0.1, -0.05) is 51.7 Å². The maximum Gasteiger partial charge on any atom is 0.0756 e. The Morgan fingerprint density at radius 3 is 2.67 bits per heavy atom. The number of aromatic nitrogens is 3. The second kappa shape index (κ2) is 9.09. The summed E-state index contributed by atoms with van der Waals surface area (Å²) < 4.78 is 2.05. The van der Waals surface area contributed by atoms with Crippen LogP contribution < -0.4 is 5.32 Å². The van der Waals surface area contributed by atoms with Crippen LogP contribution in [-0.2, 0) is 6.54 Å². The Labute approximate surface area is 111 Å². The van der Waals surface area contributed by atoms with Gasteiger partial charge in [-0.25, -0.2) is 4.68 Å².